The first-order valence-corrected chi connectivity index (χ1v) is 7.33. The average molecular weight is 282 g/mol. The van der Waals surface area contributed by atoms with Crippen molar-refractivity contribution in [2.45, 2.75) is 31.8 Å². The van der Waals surface area contributed by atoms with Gasteiger partial charge in [-0.25, -0.2) is 0 Å². The molecule has 1 heterocycles. The Bertz CT molecular complexity index is 423. The Hall–Kier alpha value is -0.770. The van der Waals surface area contributed by atoms with Crippen LogP contribution >= 0.6 is 11.6 Å². The van der Waals surface area contributed by atoms with Crippen molar-refractivity contribution in [3.63, 3.8) is 0 Å². The second-order valence-electron chi connectivity index (χ2n) is 5.68. The van der Waals surface area contributed by atoms with Gasteiger partial charge in [-0.3, -0.25) is 0 Å². The number of benzene rings is 1. The van der Waals surface area contributed by atoms with Gasteiger partial charge in [0.1, 0.15) is 0 Å². The predicted octanol–water partition coefficient (Wildman–Crippen LogP) is 2.89. The molecule has 2 N–H and O–H groups in total. The van der Waals surface area contributed by atoms with Crippen LogP contribution in [0.3, 0.4) is 0 Å². The molecule has 0 saturated carbocycles. The summed E-state index contributed by atoms with van der Waals surface area (Å²) < 4.78 is 0. The molecule has 3 nitrogen and oxygen atoms in total. The van der Waals surface area contributed by atoms with Crippen LogP contribution in [0.25, 0.3) is 0 Å². The van der Waals surface area contributed by atoms with Crippen LogP contribution in [-0.4, -0.2) is 38.1 Å². The zero-order valence-electron chi connectivity index (χ0n) is 12.1. The summed E-state index contributed by atoms with van der Waals surface area (Å²) >= 11 is 6.40. The summed E-state index contributed by atoms with van der Waals surface area (Å²) in [4.78, 5) is 4.70. The van der Waals surface area contributed by atoms with Crippen LogP contribution in [0.5, 0.6) is 0 Å². The quantitative estimate of drug-likeness (QED) is 0.925. The maximum atomic E-state index is 6.40. The molecule has 1 atom stereocenters. The van der Waals surface area contributed by atoms with Gasteiger partial charge in [0.25, 0.3) is 0 Å². The minimum absolute atomic E-state index is 0.0334. The zero-order valence-corrected chi connectivity index (χ0v) is 12.8. The van der Waals surface area contributed by atoms with Crippen LogP contribution in [0.4, 0.5) is 5.69 Å². The van der Waals surface area contributed by atoms with Crippen LogP contribution in [-0.2, 0) is 0 Å². The van der Waals surface area contributed by atoms with Crippen molar-refractivity contribution >= 4 is 17.3 Å². The molecule has 1 aromatic rings. The lowest BCUT2D eigenvalue weighted by molar-refractivity contribution is 0.249. The largest absolute Gasteiger partial charge is 0.370 e. The molecule has 0 spiro atoms. The smallest absolute Gasteiger partial charge is 0.0642 e. The van der Waals surface area contributed by atoms with Crippen LogP contribution < -0.4 is 10.6 Å². The van der Waals surface area contributed by atoms with E-state index in [9.17, 15) is 0 Å². The van der Waals surface area contributed by atoms with Gasteiger partial charge in [0.15, 0.2) is 0 Å². The average Bonchev–Trinajstić information content (AvgIpc) is 2.38. The molecule has 106 valence electrons. The molecule has 0 aliphatic carbocycles. The highest BCUT2D eigenvalue weighted by Crippen LogP contribution is 2.31. The standard InChI is InChI=1S/C15H24ClN3/c1-11(17)12-4-5-15(14(16)10-12)19-8-6-13(7-9-19)18(2)3/h4-5,10-11,13H,6-9,17H2,1-3H3. The Kier molecular flexibility index (Phi) is 4.71. The van der Waals surface area contributed by atoms with Gasteiger partial charge in [0.05, 0.1) is 10.7 Å². The van der Waals surface area contributed by atoms with E-state index in [4.69, 9.17) is 17.3 Å². The van der Waals surface area contributed by atoms with Gasteiger partial charge in [-0.05, 0) is 51.6 Å². The van der Waals surface area contributed by atoms with E-state index in [0.29, 0.717) is 6.04 Å². The van der Waals surface area contributed by atoms with Crippen molar-refractivity contribution < 1.29 is 0 Å². The van der Waals surface area contributed by atoms with Crippen molar-refractivity contribution in [3.8, 4) is 0 Å². The summed E-state index contributed by atoms with van der Waals surface area (Å²) in [6.45, 7) is 4.12. The van der Waals surface area contributed by atoms with E-state index in [2.05, 4.69) is 36.0 Å². The normalized spacial score (nSPS) is 18.9. The number of nitrogens with zero attached hydrogens (tertiary/aromatic N) is 2. The molecule has 1 unspecified atom stereocenters. The SMILES string of the molecule is CC(N)c1ccc(N2CCC(N(C)C)CC2)c(Cl)c1. The summed E-state index contributed by atoms with van der Waals surface area (Å²) in [6, 6.07) is 6.92. The monoisotopic (exact) mass is 281 g/mol. The second kappa shape index (κ2) is 6.12. The first-order valence-electron chi connectivity index (χ1n) is 6.95. The zero-order chi connectivity index (χ0) is 14.0. The van der Waals surface area contributed by atoms with E-state index in [-0.39, 0.29) is 6.04 Å². The Morgan fingerprint density at radius 2 is 1.95 bits per heavy atom. The molecule has 0 amide bonds. The molecule has 0 radical (unpaired) electrons. The summed E-state index contributed by atoms with van der Waals surface area (Å²) in [7, 11) is 4.31. The summed E-state index contributed by atoms with van der Waals surface area (Å²) in [5.41, 5.74) is 8.12. The van der Waals surface area contributed by atoms with Crippen molar-refractivity contribution in [1.29, 1.82) is 0 Å². The molecule has 0 bridgehead atoms. The van der Waals surface area contributed by atoms with Crippen LogP contribution in [0, 0.1) is 0 Å². The maximum absolute atomic E-state index is 6.40. The molecule has 1 aromatic carbocycles. The van der Waals surface area contributed by atoms with Gasteiger partial charge in [-0.1, -0.05) is 17.7 Å². The van der Waals surface area contributed by atoms with Crippen molar-refractivity contribution in [2.24, 2.45) is 5.73 Å². The molecule has 4 heteroatoms. The molecule has 1 saturated heterocycles. The molecular formula is C15H24ClN3. The Balaban J connectivity index is 2.07. The molecule has 1 fully saturated rings. The van der Waals surface area contributed by atoms with E-state index >= 15 is 0 Å². The second-order valence-corrected chi connectivity index (χ2v) is 6.09. The lowest BCUT2D eigenvalue weighted by Gasteiger charge is -2.37. The Labute approximate surface area is 121 Å². The van der Waals surface area contributed by atoms with E-state index < -0.39 is 0 Å². The minimum Gasteiger partial charge on any atom is -0.370 e. The fourth-order valence-electron chi connectivity index (χ4n) is 2.69. The molecule has 1 aliphatic rings. The number of hydrogen-bond acceptors (Lipinski definition) is 3. The van der Waals surface area contributed by atoms with Gasteiger partial charge in [-0.15, -0.1) is 0 Å². The highest BCUT2D eigenvalue weighted by Gasteiger charge is 2.22. The minimum atomic E-state index is 0.0334. The van der Waals surface area contributed by atoms with Crippen LogP contribution in [0.1, 0.15) is 31.4 Å². The highest BCUT2D eigenvalue weighted by molar-refractivity contribution is 6.33. The van der Waals surface area contributed by atoms with Crippen LogP contribution in [0.15, 0.2) is 18.2 Å². The predicted molar refractivity (Wildman–Crippen MR) is 83.0 cm³/mol. The van der Waals surface area contributed by atoms with E-state index in [1.807, 2.05) is 13.0 Å². The first kappa shape index (κ1) is 14.6. The lowest BCUT2D eigenvalue weighted by atomic mass is 10.0. The van der Waals surface area contributed by atoms with Crippen molar-refractivity contribution in [3.05, 3.63) is 28.8 Å². The van der Waals surface area contributed by atoms with E-state index in [1.165, 1.54) is 12.8 Å². The first-order chi connectivity index (χ1) is 8.99. The van der Waals surface area contributed by atoms with E-state index in [0.717, 1.165) is 29.4 Å². The Morgan fingerprint density at radius 1 is 1.32 bits per heavy atom. The van der Waals surface area contributed by atoms with Crippen molar-refractivity contribution in [2.75, 3.05) is 32.1 Å². The Morgan fingerprint density at radius 3 is 2.42 bits per heavy atom. The summed E-state index contributed by atoms with van der Waals surface area (Å²) in [5, 5.41) is 0.818. The third kappa shape index (κ3) is 3.41. The fraction of sp³-hybridized carbons (Fsp3) is 0.600. The number of piperidine rings is 1. The lowest BCUT2D eigenvalue weighted by Crippen LogP contribution is -2.42. The molecule has 1 aliphatic heterocycles. The highest BCUT2D eigenvalue weighted by atomic mass is 35.5. The molecular weight excluding hydrogens is 258 g/mol. The third-order valence-electron chi connectivity index (χ3n) is 4.03. The van der Waals surface area contributed by atoms with Crippen LogP contribution in [0.2, 0.25) is 5.02 Å². The number of halogens is 1. The fourth-order valence-corrected chi connectivity index (χ4v) is 2.99. The van der Waals surface area contributed by atoms with Gasteiger partial charge >= 0.3 is 0 Å². The van der Waals surface area contributed by atoms with E-state index in [1.54, 1.807) is 0 Å². The van der Waals surface area contributed by atoms with Gasteiger partial charge in [0, 0.05) is 25.2 Å². The molecule has 2 rings (SSSR count). The summed E-state index contributed by atoms with van der Waals surface area (Å²) in [5.74, 6) is 0. The number of rotatable bonds is 3. The third-order valence-corrected chi connectivity index (χ3v) is 4.34. The number of anilines is 1. The maximum Gasteiger partial charge on any atom is 0.0642 e. The topological polar surface area (TPSA) is 32.5 Å². The molecule has 19 heavy (non-hydrogen) atoms. The number of nitrogens with two attached hydrogens (primary N) is 1. The number of hydrogen-bond donors (Lipinski definition) is 1. The van der Waals surface area contributed by atoms with Gasteiger partial charge in [-0.2, -0.15) is 0 Å². The van der Waals surface area contributed by atoms with Gasteiger partial charge < -0.3 is 15.5 Å². The summed E-state index contributed by atoms with van der Waals surface area (Å²) in [6.07, 6.45) is 2.39. The molecule has 0 aromatic heterocycles. The van der Waals surface area contributed by atoms with Gasteiger partial charge in [0.2, 0.25) is 0 Å². The van der Waals surface area contributed by atoms with Crippen molar-refractivity contribution in [1.82, 2.24) is 4.90 Å².